The number of hydrogen-bond donors (Lipinski definition) is 3. The van der Waals surface area contributed by atoms with Crippen molar-refractivity contribution < 1.29 is 19.4 Å². The second kappa shape index (κ2) is 5.67. The lowest BCUT2D eigenvalue weighted by molar-refractivity contribution is -0.148. The van der Waals surface area contributed by atoms with Crippen LogP contribution in [0.3, 0.4) is 0 Å². The third-order valence-corrected chi connectivity index (χ3v) is 2.29. The van der Waals surface area contributed by atoms with Crippen LogP contribution in [0.2, 0.25) is 0 Å². The van der Waals surface area contributed by atoms with E-state index in [4.69, 9.17) is 5.11 Å². The molecule has 0 aromatic rings. The number of likely N-dealkylation sites (N-methyl/N-ethyl adjacent to an activating group) is 1. The Morgan fingerprint density at radius 2 is 2.07 bits per heavy atom. The Kier molecular flexibility index (Phi) is 5.24. The van der Waals surface area contributed by atoms with E-state index in [2.05, 4.69) is 15.4 Å². The van der Waals surface area contributed by atoms with Gasteiger partial charge in [0.25, 0.3) is 0 Å². The summed E-state index contributed by atoms with van der Waals surface area (Å²) in [6.45, 7) is 3.38. The standard InChI is InChI=1S/C9H18N2O4/c1-6(7(12)15-4)5-11-9(2,10-3)8(13)14/h6,10-11H,5H2,1-4H3,(H,13,14). The van der Waals surface area contributed by atoms with Gasteiger partial charge < -0.3 is 9.84 Å². The first-order chi connectivity index (χ1) is 6.87. The molecule has 2 unspecified atom stereocenters. The molecule has 0 aromatic carbocycles. The van der Waals surface area contributed by atoms with Crippen LogP contribution < -0.4 is 10.6 Å². The van der Waals surface area contributed by atoms with Crippen LogP contribution in [0.1, 0.15) is 13.8 Å². The van der Waals surface area contributed by atoms with Crippen LogP contribution in [0.4, 0.5) is 0 Å². The Morgan fingerprint density at radius 1 is 1.53 bits per heavy atom. The number of carbonyl (C=O) groups excluding carboxylic acids is 1. The monoisotopic (exact) mass is 218 g/mol. The number of carbonyl (C=O) groups is 2. The van der Waals surface area contributed by atoms with Crippen LogP contribution in [-0.2, 0) is 14.3 Å². The average Bonchev–Trinajstić information content (AvgIpc) is 2.23. The normalized spacial score (nSPS) is 16.5. The van der Waals surface area contributed by atoms with E-state index in [1.165, 1.54) is 21.1 Å². The van der Waals surface area contributed by atoms with Gasteiger partial charge in [-0.25, -0.2) is 4.79 Å². The molecule has 3 N–H and O–H groups in total. The van der Waals surface area contributed by atoms with Crippen LogP contribution in [0, 0.1) is 5.92 Å². The van der Waals surface area contributed by atoms with Crippen LogP contribution in [0.5, 0.6) is 0 Å². The van der Waals surface area contributed by atoms with E-state index in [0.29, 0.717) is 0 Å². The van der Waals surface area contributed by atoms with Crippen molar-refractivity contribution in [3.05, 3.63) is 0 Å². The number of ether oxygens (including phenoxy) is 1. The maximum atomic E-state index is 11.1. The zero-order valence-corrected chi connectivity index (χ0v) is 9.46. The number of methoxy groups -OCH3 is 1. The zero-order valence-electron chi connectivity index (χ0n) is 9.46. The van der Waals surface area contributed by atoms with Gasteiger partial charge in [0, 0.05) is 6.54 Å². The van der Waals surface area contributed by atoms with E-state index >= 15 is 0 Å². The molecule has 0 aromatic heterocycles. The van der Waals surface area contributed by atoms with Crippen LogP contribution >= 0.6 is 0 Å². The fourth-order valence-electron chi connectivity index (χ4n) is 0.913. The highest BCUT2D eigenvalue weighted by Crippen LogP contribution is 2.02. The molecule has 0 rings (SSSR count). The van der Waals surface area contributed by atoms with Crippen molar-refractivity contribution >= 4 is 11.9 Å². The van der Waals surface area contributed by atoms with Crippen molar-refractivity contribution in [3.8, 4) is 0 Å². The predicted molar refractivity (Wildman–Crippen MR) is 54.3 cm³/mol. The van der Waals surface area contributed by atoms with Crippen LogP contribution in [0.25, 0.3) is 0 Å². The maximum absolute atomic E-state index is 11.1. The van der Waals surface area contributed by atoms with E-state index in [-0.39, 0.29) is 18.4 Å². The van der Waals surface area contributed by atoms with Crippen molar-refractivity contribution in [2.45, 2.75) is 19.5 Å². The second-order valence-corrected chi connectivity index (χ2v) is 3.49. The SMILES string of the molecule is CNC(C)(NCC(C)C(=O)OC)C(=O)O. The third-order valence-electron chi connectivity index (χ3n) is 2.29. The quantitative estimate of drug-likeness (QED) is 0.408. The number of carboxylic acids is 1. The molecule has 0 spiro atoms. The van der Waals surface area contributed by atoms with Gasteiger partial charge in [-0.05, 0) is 14.0 Å². The molecule has 0 aliphatic heterocycles. The summed E-state index contributed by atoms with van der Waals surface area (Å²) in [5.41, 5.74) is -1.23. The van der Waals surface area contributed by atoms with Crippen molar-refractivity contribution in [1.29, 1.82) is 0 Å². The van der Waals surface area contributed by atoms with Gasteiger partial charge in [-0.1, -0.05) is 6.92 Å². The highest BCUT2D eigenvalue weighted by atomic mass is 16.5. The molecule has 15 heavy (non-hydrogen) atoms. The summed E-state index contributed by atoms with van der Waals surface area (Å²) in [6.07, 6.45) is 0. The van der Waals surface area contributed by atoms with Gasteiger partial charge in [0.05, 0.1) is 13.0 Å². The summed E-state index contributed by atoms with van der Waals surface area (Å²) in [5, 5.41) is 14.3. The van der Waals surface area contributed by atoms with E-state index < -0.39 is 11.6 Å². The minimum atomic E-state index is -1.23. The van der Waals surface area contributed by atoms with Gasteiger partial charge in [0.15, 0.2) is 5.66 Å². The molecule has 6 heteroatoms. The Bertz CT molecular complexity index is 244. The molecule has 0 radical (unpaired) electrons. The van der Waals surface area contributed by atoms with Gasteiger partial charge >= 0.3 is 11.9 Å². The molecule has 0 bridgehead atoms. The second-order valence-electron chi connectivity index (χ2n) is 3.49. The summed E-state index contributed by atoms with van der Waals surface area (Å²) in [5.74, 6) is -1.78. The van der Waals surface area contributed by atoms with Crippen LogP contribution in [0.15, 0.2) is 0 Å². The summed E-state index contributed by atoms with van der Waals surface area (Å²) in [7, 11) is 2.83. The third kappa shape index (κ3) is 3.85. The van der Waals surface area contributed by atoms with Crippen molar-refractivity contribution in [3.63, 3.8) is 0 Å². The summed E-state index contributed by atoms with van der Waals surface area (Å²) >= 11 is 0. The molecule has 0 saturated carbocycles. The zero-order chi connectivity index (χ0) is 12.1. The lowest BCUT2D eigenvalue weighted by Crippen LogP contribution is -2.60. The topological polar surface area (TPSA) is 87.7 Å². The first-order valence-electron chi connectivity index (χ1n) is 4.62. The number of hydrogen-bond acceptors (Lipinski definition) is 5. The van der Waals surface area contributed by atoms with Gasteiger partial charge in [-0.15, -0.1) is 0 Å². The maximum Gasteiger partial charge on any atom is 0.338 e. The van der Waals surface area contributed by atoms with Crippen molar-refractivity contribution in [1.82, 2.24) is 10.6 Å². The molecule has 0 aliphatic rings. The number of aliphatic carboxylic acids is 1. The van der Waals surface area contributed by atoms with Gasteiger partial charge in [-0.3, -0.25) is 15.4 Å². The average molecular weight is 218 g/mol. The molecule has 0 aliphatic carbocycles. The van der Waals surface area contributed by atoms with Gasteiger partial charge in [0.1, 0.15) is 0 Å². The minimum absolute atomic E-state index is 0.232. The van der Waals surface area contributed by atoms with Gasteiger partial charge in [-0.2, -0.15) is 0 Å². The molecule has 6 nitrogen and oxygen atoms in total. The highest BCUT2D eigenvalue weighted by Gasteiger charge is 2.31. The Hall–Kier alpha value is -1.14. The molecule has 0 saturated heterocycles. The molecule has 0 heterocycles. The molecule has 0 amide bonds. The first-order valence-corrected chi connectivity index (χ1v) is 4.62. The largest absolute Gasteiger partial charge is 0.479 e. The fraction of sp³-hybridized carbons (Fsp3) is 0.778. The Morgan fingerprint density at radius 3 is 2.40 bits per heavy atom. The van der Waals surface area contributed by atoms with E-state index in [1.54, 1.807) is 6.92 Å². The summed E-state index contributed by atoms with van der Waals surface area (Å²) in [4.78, 5) is 21.9. The summed E-state index contributed by atoms with van der Waals surface area (Å²) in [6, 6.07) is 0. The molecular weight excluding hydrogens is 200 g/mol. The van der Waals surface area contributed by atoms with E-state index in [9.17, 15) is 9.59 Å². The molecular formula is C9H18N2O4. The van der Waals surface area contributed by atoms with Gasteiger partial charge in [0.2, 0.25) is 0 Å². The number of nitrogens with one attached hydrogen (secondary N) is 2. The smallest absolute Gasteiger partial charge is 0.338 e. The molecule has 0 fully saturated rings. The van der Waals surface area contributed by atoms with Crippen LogP contribution in [-0.4, -0.2) is 43.4 Å². The van der Waals surface area contributed by atoms with E-state index in [0.717, 1.165) is 0 Å². The highest BCUT2D eigenvalue weighted by molar-refractivity contribution is 5.78. The van der Waals surface area contributed by atoms with Crippen molar-refractivity contribution in [2.75, 3.05) is 20.7 Å². The number of carboxylic acid groups (broad SMARTS) is 1. The lowest BCUT2D eigenvalue weighted by Gasteiger charge is -2.26. The predicted octanol–water partition coefficient (Wildman–Crippen LogP) is -0.595. The number of esters is 1. The summed E-state index contributed by atoms with van der Waals surface area (Å²) < 4.78 is 4.52. The lowest BCUT2D eigenvalue weighted by atomic mass is 10.1. The molecule has 88 valence electrons. The Balaban J connectivity index is 4.24. The van der Waals surface area contributed by atoms with Crippen molar-refractivity contribution in [2.24, 2.45) is 5.92 Å². The molecule has 2 atom stereocenters. The van der Waals surface area contributed by atoms with E-state index in [1.807, 2.05) is 0 Å². The Labute approximate surface area is 89.0 Å². The first kappa shape index (κ1) is 13.9. The number of rotatable bonds is 6. The minimum Gasteiger partial charge on any atom is -0.479 e. The fourth-order valence-corrected chi connectivity index (χ4v) is 0.913.